The fourth-order valence-electron chi connectivity index (χ4n) is 3.22. The number of hydrogen-bond acceptors (Lipinski definition) is 5. The number of amides is 1. The average Bonchev–Trinajstić information content (AvgIpc) is 2.69. The van der Waals surface area contributed by atoms with E-state index in [0.717, 1.165) is 18.7 Å². The first kappa shape index (κ1) is 21.9. The second-order valence-electron chi connectivity index (χ2n) is 6.50. The summed E-state index contributed by atoms with van der Waals surface area (Å²) in [4.78, 5) is 15.5. The van der Waals surface area contributed by atoms with Crippen molar-refractivity contribution in [1.29, 1.82) is 0 Å². The third-order valence-corrected chi connectivity index (χ3v) is 4.70. The molecule has 2 aromatic carbocycles. The molecule has 1 aliphatic rings. The normalized spacial score (nSPS) is 15.5. The van der Waals surface area contributed by atoms with E-state index in [0.29, 0.717) is 31.0 Å². The summed E-state index contributed by atoms with van der Waals surface area (Å²) < 4.78 is 18.5. The van der Waals surface area contributed by atoms with Crippen LogP contribution in [0.3, 0.4) is 0 Å². The second kappa shape index (κ2) is 10.3. The van der Waals surface area contributed by atoms with E-state index in [1.54, 1.807) is 30.3 Å². The van der Waals surface area contributed by atoms with Gasteiger partial charge in [0, 0.05) is 38.4 Å². The van der Waals surface area contributed by atoms with Crippen LogP contribution in [0.1, 0.15) is 11.7 Å². The van der Waals surface area contributed by atoms with E-state index in [-0.39, 0.29) is 18.2 Å². The number of carbonyl (C=O) groups excluding carboxylic acids is 1. The number of benzene rings is 2. The first-order valence-electron chi connectivity index (χ1n) is 8.91. The number of hydrogen-bond donors (Lipinski definition) is 2. The molecular formula is C20H25ClFN3O3. The molecule has 0 aliphatic carbocycles. The molecule has 0 radical (unpaired) electrons. The number of ether oxygens (including phenoxy) is 1. The monoisotopic (exact) mass is 409 g/mol. The van der Waals surface area contributed by atoms with Crippen LogP contribution in [-0.4, -0.2) is 55.9 Å². The molecule has 0 spiro atoms. The molecule has 2 aromatic rings. The largest absolute Gasteiger partial charge is 0.453 e. The Morgan fingerprint density at radius 3 is 2.57 bits per heavy atom. The fraction of sp³-hybridized carbons (Fsp3) is 0.350. The first-order chi connectivity index (χ1) is 13.1. The van der Waals surface area contributed by atoms with Crippen LogP contribution < -0.4 is 10.2 Å². The molecule has 1 unspecified atom stereocenters. The maximum Gasteiger partial charge on any atom is 0.411 e. The highest BCUT2D eigenvalue weighted by Crippen LogP contribution is 2.22. The molecule has 0 aromatic heterocycles. The number of anilines is 2. The van der Waals surface area contributed by atoms with Gasteiger partial charge in [0.2, 0.25) is 0 Å². The molecule has 1 aliphatic heterocycles. The van der Waals surface area contributed by atoms with E-state index in [2.05, 4.69) is 15.0 Å². The molecule has 0 bridgehead atoms. The summed E-state index contributed by atoms with van der Waals surface area (Å²) >= 11 is 0. The van der Waals surface area contributed by atoms with Gasteiger partial charge in [0.15, 0.2) is 0 Å². The Morgan fingerprint density at radius 2 is 1.89 bits per heavy atom. The van der Waals surface area contributed by atoms with Crippen molar-refractivity contribution in [1.82, 2.24) is 4.90 Å². The minimum Gasteiger partial charge on any atom is -0.453 e. The number of carbonyl (C=O) groups is 1. The summed E-state index contributed by atoms with van der Waals surface area (Å²) in [6.45, 7) is 3.37. The van der Waals surface area contributed by atoms with E-state index >= 15 is 0 Å². The minimum atomic E-state index is -0.676. The van der Waals surface area contributed by atoms with E-state index < -0.39 is 12.2 Å². The highest BCUT2D eigenvalue weighted by Gasteiger charge is 2.21. The standard InChI is InChI=1S/C20H24FN3O3.ClH/c1-27-20(26)22-16-6-4-5-15(13-16)19(25)14-23-9-11-24(12-10-23)18-8-3-2-7-17(18)21;/h2-8,13,19,25H,9-12,14H2,1H3,(H,22,26);1H. The van der Waals surface area contributed by atoms with Crippen molar-refractivity contribution in [2.24, 2.45) is 0 Å². The van der Waals surface area contributed by atoms with Gasteiger partial charge in [0.05, 0.1) is 18.9 Å². The van der Waals surface area contributed by atoms with Gasteiger partial charge < -0.3 is 14.7 Å². The molecular weight excluding hydrogens is 385 g/mol. The number of para-hydroxylation sites is 1. The number of piperazine rings is 1. The molecule has 1 atom stereocenters. The van der Waals surface area contributed by atoms with Crippen LogP contribution in [0.4, 0.5) is 20.6 Å². The van der Waals surface area contributed by atoms with Crippen molar-refractivity contribution >= 4 is 29.9 Å². The quantitative estimate of drug-likeness (QED) is 0.793. The van der Waals surface area contributed by atoms with Crippen LogP contribution in [0, 0.1) is 5.82 Å². The lowest BCUT2D eigenvalue weighted by molar-refractivity contribution is 0.109. The summed E-state index contributed by atoms with van der Waals surface area (Å²) in [5.41, 5.74) is 1.92. The summed E-state index contributed by atoms with van der Waals surface area (Å²) in [7, 11) is 1.30. The molecule has 2 N–H and O–H groups in total. The van der Waals surface area contributed by atoms with Gasteiger partial charge in [0.25, 0.3) is 0 Å². The van der Waals surface area contributed by atoms with Crippen molar-refractivity contribution in [2.75, 3.05) is 50.1 Å². The zero-order chi connectivity index (χ0) is 19.2. The van der Waals surface area contributed by atoms with Crippen LogP contribution in [0.5, 0.6) is 0 Å². The number of aliphatic hydroxyl groups is 1. The van der Waals surface area contributed by atoms with Crippen molar-refractivity contribution in [3.63, 3.8) is 0 Å². The predicted octanol–water partition coefficient (Wildman–Crippen LogP) is 3.28. The Kier molecular flexibility index (Phi) is 8.04. The van der Waals surface area contributed by atoms with E-state index in [1.165, 1.54) is 13.2 Å². The van der Waals surface area contributed by atoms with E-state index in [9.17, 15) is 14.3 Å². The molecule has 1 fully saturated rings. The fourth-order valence-corrected chi connectivity index (χ4v) is 3.22. The second-order valence-corrected chi connectivity index (χ2v) is 6.50. The molecule has 1 saturated heterocycles. The molecule has 1 amide bonds. The van der Waals surface area contributed by atoms with Gasteiger partial charge in [-0.1, -0.05) is 24.3 Å². The zero-order valence-electron chi connectivity index (χ0n) is 15.7. The first-order valence-corrected chi connectivity index (χ1v) is 8.91. The SMILES string of the molecule is COC(=O)Nc1cccc(C(O)CN2CCN(c3ccccc3F)CC2)c1.Cl. The molecule has 6 nitrogen and oxygen atoms in total. The number of nitrogens with one attached hydrogen (secondary N) is 1. The number of β-amino-alcohol motifs (C(OH)–C–C–N with tert-alkyl or cyclic N) is 1. The maximum atomic E-state index is 13.9. The molecule has 0 saturated carbocycles. The summed E-state index contributed by atoms with van der Waals surface area (Å²) in [5.74, 6) is -0.207. The van der Waals surface area contributed by atoms with E-state index in [4.69, 9.17) is 0 Å². The smallest absolute Gasteiger partial charge is 0.411 e. The van der Waals surface area contributed by atoms with Gasteiger partial charge in [0.1, 0.15) is 5.82 Å². The number of aliphatic hydroxyl groups excluding tert-OH is 1. The highest BCUT2D eigenvalue weighted by atomic mass is 35.5. The summed E-state index contributed by atoms with van der Waals surface area (Å²) in [5, 5.41) is 13.1. The van der Waals surface area contributed by atoms with Gasteiger partial charge in [-0.3, -0.25) is 10.2 Å². The third kappa shape index (κ3) is 5.58. The highest BCUT2D eigenvalue weighted by molar-refractivity contribution is 5.85. The maximum absolute atomic E-state index is 13.9. The Bertz CT molecular complexity index is 785. The summed E-state index contributed by atoms with van der Waals surface area (Å²) in [6.07, 6.45) is -1.23. The van der Waals surface area contributed by atoms with Crippen molar-refractivity contribution in [2.45, 2.75) is 6.10 Å². The third-order valence-electron chi connectivity index (χ3n) is 4.70. The van der Waals surface area contributed by atoms with Crippen LogP contribution in [0.25, 0.3) is 0 Å². The van der Waals surface area contributed by atoms with Crippen molar-refractivity contribution in [3.8, 4) is 0 Å². The Morgan fingerprint density at radius 1 is 1.18 bits per heavy atom. The average molecular weight is 410 g/mol. The Balaban J connectivity index is 0.00000280. The van der Waals surface area contributed by atoms with Gasteiger partial charge >= 0.3 is 6.09 Å². The van der Waals surface area contributed by atoms with Crippen molar-refractivity contribution in [3.05, 3.63) is 59.9 Å². The molecule has 1 heterocycles. The lowest BCUT2D eigenvalue weighted by atomic mass is 10.1. The van der Waals surface area contributed by atoms with Crippen LogP contribution in [0.15, 0.2) is 48.5 Å². The van der Waals surface area contributed by atoms with Gasteiger partial charge in [-0.25, -0.2) is 9.18 Å². The lowest BCUT2D eigenvalue weighted by Gasteiger charge is -2.37. The number of rotatable bonds is 5. The van der Waals surface area contributed by atoms with Crippen LogP contribution >= 0.6 is 12.4 Å². The predicted molar refractivity (Wildman–Crippen MR) is 110 cm³/mol. The van der Waals surface area contributed by atoms with Crippen LogP contribution in [-0.2, 0) is 4.74 Å². The molecule has 152 valence electrons. The van der Waals surface area contributed by atoms with Crippen molar-refractivity contribution < 1.29 is 19.0 Å². The number of nitrogens with zero attached hydrogens (tertiary/aromatic N) is 2. The number of halogens is 2. The summed E-state index contributed by atoms with van der Waals surface area (Å²) in [6, 6.07) is 13.9. The Hall–Kier alpha value is -2.35. The van der Waals surface area contributed by atoms with Gasteiger partial charge in [-0.15, -0.1) is 12.4 Å². The van der Waals surface area contributed by atoms with Crippen LogP contribution in [0.2, 0.25) is 0 Å². The van der Waals surface area contributed by atoms with Gasteiger partial charge in [-0.2, -0.15) is 0 Å². The topological polar surface area (TPSA) is 65.0 Å². The molecule has 8 heteroatoms. The minimum absolute atomic E-state index is 0. The van der Waals surface area contributed by atoms with Gasteiger partial charge in [-0.05, 0) is 29.8 Å². The molecule has 3 rings (SSSR count). The Labute approximate surface area is 170 Å². The number of methoxy groups -OCH3 is 1. The lowest BCUT2D eigenvalue weighted by Crippen LogP contribution is -2.47. The zero-order valence-corrected chi connectivity index (χ0v) is 16.5. The molecule has 28 heavy (non-hydrogen) atoms. The van der Waals surface area contributed by atoms with E-state index in [1.807, 2.05) is 17.0 Å².